The minimum atomic E-state index is -4.32. The molecule has 2 nitrogen and oxygen atoms in total. The molecule has 0 amide bonds. The molecule has 0 aliphatic carbocycles. The van der Waals surface area contributed by atoms with Crippen molar-refractivity contribution in [2.75, 3.05) is 19.6 Å². The number of likely N-dealkylation sites (tertiary alicyclic amines) is 1. The molecule has 0 aromatic heterocycles. The van der Waals surface area contributed by atoms with Crippen LogP contribution in [0.1, 0.15) is 41.9 Å². The molecule has 0 atom stereocenters. The first kappa shape index (κ1) is 20.4. The number of nitrogens with zero attached hydrogens (tertiary/aromatic N) is 1. The van der Waals surface area contributed by atoms with Gasteiger partial charge in [0.2, 0.25) is 0 Å². The van der Waals surface area contributed by atoms with Crippen molar-refractivity contribution in [3.8, 4) is 11.8 Å². The topological polar surface area (TPSA) is 26.0 Å². The van der Waals surface area contributed by atoms with Gasteiger partial charge in [0, 0.05) is 18.4 Å². The van der Waals surface area contributed by atoms with Gasteiger partial charge in [-0.1, -0.05) is 30.0 Å². The van der Waals surface area contributed by atoms with Gasteiger partial charge in [-0.25, -0.2) is 8.98 Å². The Morgan fingerprint density at radius 2 is 1.71 bits per heavy atom. The van der Waals surface area contributed by atoms with Crippen LogP contribution in [-0.2, 0) is 6.18 Å². The molecular weight excluding hydrogens is 368 g/mol. The van der Waals surface area contributed by atoms with E-state index < -0.39 is 11.7 Å². The molecule has 1 aliphatic heterocycles. The van der Waals surface area contributed by atoms with Gasteiger partial charge in [0.15, 0.2) is 0 Å². The van der Waals surface area contributed by atoms with Gasteiger partial charge >= 0.3 is 6.18 Å². The van der Waals surface area contributed by atoms with E-state index in [1.165, 1.54) is 24.3 Å². The number of hydrogen-bond acceptors (Lipinski definition) is 1. The van der Waals surface area contributed by atoms with Crippen molar-refractivity contribution in [1.82, 2.24) is 0 Å². The summed E-state index contributed by atoms with van der Waals surface area (Å²) in [4.78, 5) is 0. The van der Waals surface area contributed by atoms with Crippen LogP contribution in [0.25, 0.3) is 0 Å². The molecule has 2 aromatic carbocycles. The first-order valence-electron chi connectivity index (χ1n) is 9.31. The van der Waals surface area contributed by atoms with E-state index in [1.807, 2.05) is 0 Å². The SMILES string of the molecule is N[N+]1(CCC#Cc2ccc(F)cc2)CCC(c2cccc(C(F)(F)F)c2)CC1. The van der Waals surface area contributed by atoms with E-state index in [1.54, 1.807) is 18.2 Å². The molecule has 3 rings (SSSR count). The quantitative estimate of drug-likeness (QED) is 0.344. The molecule has 1 heterocycles. The van der Waals surface area contributed by atoms with Crippen LogP contribution in [-0.4, -0.2) is 24.2 Å². The highest BCUT2D eigenvalue weighted by Crippen LogP contribution is 2.34. The molecule has 0 spiro atoms. The zero-order valence-corrected chi connectivity index (χ0v) is 15.5. The Morgan fingerprint density at radius 3 is 2.36 bits per heavy atom. The Bertz CT molecular complexity index is 855. The second-order valence-corrected chi connectivity index (χ2v) is 7.35. The summed E-state index contributed by atoms with van der Waals surface area (Å²) in [5.74, 6) is 12.3. The molecule has 2 N–H and O–H groups in total. The molecule has 2 aromatic rings. The summed E-state index contributed by atoms with van der Waals surface area (Å²) >= 11 is 0. The highest BCUT2D eigenvalue weighted by molar-refractivity contribution is 5.34. The summed E-state index contributed by atoms with van der Waals surface area (Å²) in [6, 6.07) is 11.6. The molecule has 0 radical (unpaired) electrons. The lowest BCUT2D eigenvalue weighted by molar-refractivity contribution is -0.944. The molecule has 1 fully saturated rings. The standard InChI is InChI=1S/C22H23F4N2/c23-21-9-7-17(8-10-21)4-1-2-13-28(27)14-11-18(12-15-28)19-5-3-6-20(16-19)22(24,25)26/h3,5-10,16,18H,2,11-15,27H2/q+1. The molecule has 148 valence electrons. The van der Waals surface area contributed by atoms with Crippen molar-refractivity contribution in [3.63, 3.8) is 0 Å². The predicted octanol–water partition coefficient (Wildman–Crippen LogP) is 4.85. The third kappa shape index (κ3) is 5.34. The number of rotatable bonds is 3. The molecule has 1 saturated heterocycles. The number of quaternary nitrogens is 1. The predicted molar refractivity (Wildman–Crippen MR) is 100 cm³/mol. The van der Waals surface area contributed by atoms with Gasteiger partial charge in [-0.05, 0) is 41.8 Å². The number of nitrogens with two attached hydrogens (primary N) is 1. The normalized spacial score (nSPS) is 22.4. The highest BCUT2D eigenvalue weighted by atomic mass is 19.4. The van der Waals surface area contributed by atoms with Crippen LogP contribution in [0.5, 0.6) is 0 Å². The largest absolute Gasteiger partial charge is 0.416 e. The van der Waals surface area contributed by atoms with Crippen LogP contribution in [0.15, 0.2) is 48.5 Å². The van der Waals surface area contributed by atoms with Gasteiger partial charge in [0.05, 0.1) is 25.1 Å². The summed E-state index contributed by atoms with van der Waals surface area (Å²) in [5, 5.41) is 0. The number of halogens is 4. The Hall–Kier alpha value is -2.36. The van der Waals surface area contributed by atoms with Crippen molar-refractivity contribution in [3.05, 3.63) is 71.0 Å². The van der Waals surface area contributed by atoms with Gasteiger partial charge < -0.3 is 0 Å². The van der Waals surface area contributed by atoms with Crippen LogP contribution < -0.4 is 5.84 Å². The van der Waals surface area contributed by atoms with Crippen molar-refractivity contribution in [2.24, 2.45) is 5.84 Å². The van der Waals surface area contributed by atoms with E-state index in [0.717, 1.165) is 30.0 Å². The molecule has 28 heavy (non-hydrogen) atoms. The third-order valence-electron chi connectivity index (χ3n) is 5.29. The van der Waals surface area contributed by atoms with Crippen molar-refractivity contribution in [1.29, 1.82) is 0 Å². The summed E-state index contributed by atoms with van der Waals surface area (Å²) < 4.78 is 52.0. The second-order valence-electron chi connectivity index (χ2n) is 7.35. The fourth-order valence-corrected chi connectivity index (χ4v) is 3.58. The maximum Gasteiger partial charge on any atom is 0.416 e. The minimum absolute atomic E-state index is 0.0994. The van der Waals surface area contributed by atoms with Crippen LogP contribution in [0.3, 0.4) is 0 Å². The van der Waals surface area contributed by atoms with E-state index in [2.05, 4.69) is 11.8 Å². The zero-order chi connectivity index (χ0) is 20.2. The van der Waals surface area contributed by atoms with Crippen LogP contribution in [0.2, 0.25) is 0 Å². The lowest BCUT2D eigenvalue weighted by Gasteiger charge is -2.39. The van der Waals surface area contributed by atoms with Gasteiger partial charge in [0.1, 0.15) is 12.4 Å². The molecule has 0 unspecified atom stereocenters. The summed E-state index contributed by atoms with van der Waals surface area (Å²) in [7, 11) is 0. The minimum Gasteiger partial charge on any atom is -0.247 e. The van der Waals surface area contributed by atoms with Gasteiger partial charge in [-0.15, -0.1) is 0 Å². The van der Waals surface area contributed by atoms with Gasteiger partial charge in [-0.2, -0.15) is 19.0 Å². The molecule has 0 saturated carbocycles. The Morgan fingerprint density at radius 1 is 1.04 bits per heavy atom. The highest BCUT2D eigenvalue weighted by Gasteiger charge is 2.34. The van der Waals surface area contributed by atoms with Gasteiger partial charge in [-0.3, -0.25) is 0 Å². The summed E-state index contributed by atoms with van der Waals surface area (Å²) in [6.45, 7) is 2.10. The first-order valence-corrected chi connectivity index (χ1v) is 9.31. The fourth-order valence-electron chi connectivity index (χ4n) is 3.58. The fraction of sp³-hybridized carbons (Fsp3) is 0.364. The zero-order valence-electron chi connectivity index (χ0n) is 15.5. The smallest absolute Gasteiger partial charge is 0.247 e. The average Bonchev–Trinajstić information content (AvgIpc) is 2.67. The van der Waals surface area contributed by atoms with Crippen LogP contribution >= 0.6 is 0 Å². The Kier molecular flexibility index (Phi) is 6.07. The lowest BCUT2D eigenvalue weighted by atomic mass is 9.88. The maximum atomic E-state index is 12.9. The molecular formula is C22H23F4N2+. The molecule has 6 heteroatoms. The Labute approximate surface area is 162 Å². The summed E-state index contributed by atoms with van der Waals surface area (Å²) in [6.07, 6.45) is -2.20. The number of alkyl halides is 3. The van der Waals surface area contributed by atoms with E-state index in [0.29, 0.717) is 30.6 Å². The monoisotopic (exact) mass is 391 g/mol. The molecule has 1 aliphatic rings. The lowest BCUT2D eigenvalue weighted by Crippen LogP contribution is -2.58. The van der Waals surface area contributed by atoms with Crippen molar-refractivity contribution in [2.45, 2.75) is 31.4 Å². The number of hydrogen-bond donors (Lipinski definition) is 1. The molecule has 0 bridgehead atoms. The van der Waals surface area contributed by atoms with E-state index in [4.69, 9.17) is 5.84 Å². The van der Waals surface area contributed by atoms with E-state index in [-0.39, 0.29) is 11.7 Å². The Balaban J connectivity index is 1.54. The maximum absolute atomic E-state index is 12.9. The van der Waals surface area contributed by atoms with Crippen molar-refractivity contribution >= 4 is 0 Å². The summed E-state index contributed by atoms with van der Waals surface area (Å²) in [5.41, 5.74) is 0.894. The van der Waals surface area contributed by atoms with E-state index in [9.17, 15) is 17.6 Å². The van der Waals surface area contributed by atoms with Crippen LogP contribution in [0.4, 0.5) is 17.6 Å². The first-order chi connectivity index (χ1) is 13.3. The van der Waals surface area contributed by atoms with E-state index >= 15 is 0 Å². The number of piperidine rings is 1. The van der Waals surface area contributed by atoms with Gasteiger partial charge in [0.25, 0.3) is 0 Å². The third-order valence-corrected chi connectivity index (χ3v) is 5.29. The average molecular weight is 391 g/mol. The number of benzene rings is 2. The van der Waals surface area contributed by atoms with Crippen molar-refractivity contribution < 1.29 is 22.2 Å². The second kappa shape index (κ2) is 8.34. The van der Waals surface area contributed by atoms with Crippen LogP contribution in [0, 0.1) is 17.7 Å².